The fourth-order valence-corrected chi connectivity index (χ4v) is 2.48. The molecule has 27 heavy (non-hydrogen) atoms. The lowest BCUT2D eigenvalue weighted by molar-refractivity contribution is -0.496. The average Bonchev–Trinajstić information content (AvgIpc) is 2.63. The summed E-state index contributed by atoms with van der Waals surface area (Å²) in [6, 6.07) is 12.6. The fourth-order valence-electron chi connectivity index (χ4n) is 2.48. The molecule has 0 amide bonds. The quantitative estimate of drug-likeness (QED) is 0.465. The van der Waals surface area contributed by atoms with Crippen LogP contribution in [0.1, 0.15) is 23.6 Å². The second-order valence-corrected chi connectivity index (χ2v) is 5.58. The standard InChI is InChI=1S/C19H20N2O6/c1-2-26-18-11-10-16(13-21(24)25)17(9-6-12-20(22)23)19(18)27-14-15-7-4-3-5-8-15/h3-11H,2,12-14H2,1H3/b9-6+. The van der Waals surface area contributed by atoms with Crippen molar-refractivity contribution in [2.24, 2.45) is 0 Å². The van der Waals surface area contributed by atoms with E-state index in [0.29, 0.717) is 29.2 Å². The number of rotatable bonds is 10. The maximum absolute atomic E-state index is 11.0. The normalized spacial score (nSPS) is 10.7. The molecule has 8 nitrogen and oxygen atoms in total. The molecule has 0 radical (unpaired) electrons. The van der Waals surface area contributed by atoms with Crippen LogP contribution in [0.5, 0.6) is 11.5 Å². The molecule has 0 unspecified atom stereocenters. The van der Waals surface area contributed by atoms with Crippen LogP contribution in [0.2, 0.25) is 0 Å². The topological polar surface area (TPSA) is 105 Å². The zero-order valence-electron chi connectivity index (χ0n) is 14.9. The maximum atomic E-state index is 11.0. The highest BCUT2D eigenvalue weighted by Gasteiger charge is 2.17. The van der Waals surface area contributed by atoms with Crippen LogP contribution >= 0.6 is 0 Å². The van der Waals surface area contributed by atoms with Crippen LogP contribution in [-0.4, -0.2) is 23.0 Å². The molecule has 0 N–H and O–H groups in total. The highest BCUT2D eigenvalue weighted by molar-refractivity contribution is 5.66. The molecule has 2 rings (SSSR count). The Hall–Kier alpha value is -3.42. The molecule has 0 heterocycles. The lowest BCUT2D eigenvalue weighted by Crippen LogP contribution is -2.06. The van der Waals surface area contributed by atoms with Gasteiger partial charge in [-0.2, -0.15) is 0 Å². The minimum Gasteiger partial charge on any atom is -0.490 e. The van der Waals surface area contributed by atoms with Crippen molar-refractivity contribution in [3.8, 4) is 11.5 Å². The lowest BCUT2D eigenvalue weighted by atomic mass is 10.0. The largest absolute Gasteiger partial charge is 0.490 e. The van der Waals surface area contributed by atoms with Gasteiger partial charge in [0.1, 0.15) is 6.61 Å². The number of ether oxygens (including phenoxy) is 2. The van der Waals surface area contributed by atoms with Crippen molar-refractivity contribution in [3.63, 3.8) is 0 Å². The minimum absolute atomic E-state index is 0.235. The van der Waals surface area contributed by atoms with E-state index in [1.807, 2.05) is 37.3 Å². The van der Waals surface area contributed by atoms with Crippen LogP contribution in [-0.2, 0) is 13.2 Å². The summed E-state index contributed by atoms with van der Waals surface area (Å²) in [6.45, 7) is 1.61. The monoisotopic (exact) mass is 372 g/mol. The molecule has 2 aromatic rings. The highest BCUT2D eigenvalue weighted by atomic mass is 16.6. The second kappa shape index (κ2) is 9.91. The first kappa shape index (κ1) is 19.9. The number of hydrogen-bond donors (Lipinski definition) is 0. The van der Waals surface area contributed by atoms with Crippen LogP contribution in [0.3, 0.4) is 0 Å². The molecule has 0 bridgehead atoms. The molecule has 0 spiro atoms. The van der Waals surface area contributed by atoms with Gasteiger partial charge in [0.2, 0.25) is 13.1 Å². The average molecular weight is 372 g/mol. The Labute approximate surface area is 156 Å². The molecule has 0 fully saturated rings. The molecule has 0 aliphatic rings. The molecule has 0 aliphatic heterocycles. The van der Waals surface area contributed by atoms with E-state index in [1.54, 1.807) is 12.1 Å². The van der Waals surface area contributed by atoms with E-state index in [9.17, 15) is 20.2 Å². The Morgan fingerprint density at radius 1 is 1.00 bits per heavy atom. The molecule has 0 aromatic heterocycles. The van der Waals surface area contributed by atoms with E-state index in [4.69, 9.17) is 9.47 Å². The van der Waals surface area contributed by atoms with Crippen molar-refractivity contribution in [1.82, 2.24) is 0 Å². The van der Waals surface area contributed by atoms with E-state index in [2.05, 4.69) is 0 Å². The van der Waals surface area contributed by atoms with Gasteiger partial charge in [0, 0.05) is 21.0 Å². The summed E-state index contributed by atoms with van der Waals surface area (Å²) in [7, 11) is 0. The van der Waals surface area contributed by atoms with Gasteiger partial charge in [-0.05, 0) is 36.8 Å². The Kier molecular flexibility index (Phi) is 7.30. The van der Waals surface area contributed by atoms with Gasteiger partial charge in [0.05, 0.1) is 6.61 Å². The van der Waals surface area contributed by atoms with Gasteiger partial charge in [-0.15, -0.1) is 0 Å². The van der Waals surface area contributed by atoms with Gasteiger partial charge >= 0.3 is 0 Å². The van der Waals surface area contributed by atoms with Crippen molar-refractivity contribution < 1.29 is 19.3 Å². The summed E-state index contributed by atoms with van der Waals surface area (Å²) >= 11 is 0. The molecule has 0 saturated heterocycles. The van der Waals surface area contributed by atoms with E-state index >= 15 is 0 Å². The summed E-state index contributed by atoms with van der Waals surface area (Å²) in [5.41, 5.74) is 1.72. The van der Waals surface area contributed by atoms with Crippen molar-refractivity contribution >= 4 is 6.08 Å². The summed E-state index contributed by atoms with van der Waals surface area (Å²) < 4.78 is 11.5. The molecule has 142 valence electrons. The van der Waals surface area contributed by atoms with Crippen LogP contribution in [0.25, 0.3) is 6.08 Å². The number of hydrogen-bond acceptors (Lipinski definition) is 6. The Morgan fingerprint density at radius 3 is 2.37 bits per heavy atom. The smallest absolute Gasteiger partial charge is 0.229 e. The zero-order chi connectivity index (χ0) is 19.6. The van der Waals surface area contributed by atoms with Crippen molar-refractivity contribution in [3.05, 3.63) is 85.5 Å². The Bertz CT molecular complexity index is 820. The third-order valence-corrected chi connectivity index (χ3v) is 3.61. The van der Waals surface area contributed by atoms with Gasteiger partial charge in [-0.1, -0.05) is 30.3 Å². The predicted octanol–water partition coefficient (Wildman–Crippen LogP) is 3.73. The van der Waals surface area contributed by atoms with E-state index < -0.39 is 22.9 Å². The molecular weight excluding hydrogens is 352 g/mol. The summed E-state index contributed by atoms with van der Waals surface area (Å²) in [5.74, 6) is 0.765. The van der Waals surface area contributed by atoms with Crippen LogP contribution in [0.4, 0.5) is 0 Å². The van der Waals surface area contributed by atoms with Crippen LogP contribution in [0.15, 0.2) is 48.5 Å². The highest BCUT2D eigenvalue weighted by Crippen LogP contribution is 2.36. The second-order valence-electron chi connectivity index (χ2n) is 5.58. The zero-order valence-corrected chi connectivity index (χ0v) is 14.9. The first-order chi connectivity index (χ1) is 13.0. The Balaban J connectivity index is 2.43. The fraction of sp³-hybridized carbons (Fsp3) is 0.263. The first-order valence-corrected chi connectivity index (χ1v) is 8.36. The minimum atomic E-state index is -0.486. The van der Waals surface area contributed by atoms with Crippen molar-refractivity contribution in [1.29, 1.82) is 0 Å². The van der Waals surface area contributed by atoms with Crippen LogP contribution < -0.4 is 9.47 Å². The summed E-state index contributed by atoms with van der Waals surface area (Å²) in [5, 5.41) is 21.6. The number of benzene rings is 2. The van der Waals surface area contributed by atoms with Gasteiger partial charge in [-0.25, -0.2) is 0 Å². The van der Waals surface area contributed by atoms with Crippen LogP contribution in [0, 0.1) is 20.2 Å². The lowest BCUT2D eigenvalue weighted by Gasteiger charge is -2.16. The molecule has 8 heteroatoms. The summed E-state index contributed by atoms with van der Waals surface area (Å²) in [4.78, 5) is 20.7. The van der Waals surface area contributed by atoms with Crippen molar-refractivity contribution in [2.45, 2.75) is 20.1 Å². The van der Waals surface area contributed by atoms with E-state index in [1.165, 1.54) is 12.2 Å². The van der Waals surface area contributed by atoms with Gasteiger partial charge in [0.25, 0.3) is 0 Å². The number of nitro groups is 2. The SMILES string of the molecule is CCOc1ccc(C[N+](=O)[O-])c(/C=C/C[N+](=O)[O-])c1OCc1ccccc1. The van der Waals surface area contributed by atoms with Gasteiger partial charge < -0.3 is 9.47 Å². The number of nitrogens with zero attached hydrogens (tertiary/aromatic N) is 2. The molecule has 0 saturated carbocycles. The molecular formula is C19H20N2O6. The third kappa shape index (κ3) is 6.10. The van der Waals surface area contributed by atoms with Crippen molar-refractivity contribution in [2.75, 3.05) is 13.2 Å². The van der Waals surface area contributed by atoms with Gasteiger partial charge in [0.15, 0.2) is 11.5 Å². The molecule has 0 aliphatic carbocycles. The predicted molar refractivity (Wildman–Crippen MR) is 100.0 cm³/mol. The van der Waals surface area contributed by atoms with E-state index in [0.717, 1.165) is 5.56 Å². The molecule has 0 atom stereocenters. The first-order valence-electron chi connectivity index (χ1n) is 8.36. The molecule has 2 aromatic carbocycles. The Morgan fingerprint density at radius 2 is 1.74 bits per heavy atom. The maximum Gasteiger partial charge on any atom is 0.229 e. The van der Waals surface area contributed by atoms with Gasteiger partial charge in [-0.3, -0.25) is 20.2 Å². The van der Waals surface area contributed by atoms with E-state index in [-0.39, 0.29) is 6.61 Å². The summed E-state index contributed by atoms with van der Waals surface area (Å²) in [6.07, 6.45) is 2.81. The third-order valence-electron chi connectivity index (χ3n) is 3.61.